The van der Waals surface area contributed by atoms with Crippen molar-refractivity contribution in [1.82, 2.24) is 0 Å². The summed E-state index contributed by atoms with van der Waals surface area (Å²) in [7, 11) is 0. The van der Waals surface area contributed by atoms with E-state index in [1.54, 1.807) is 11.8 Å². The lowest BCUT2D eigenvalue weighted by atomic mass is 10.1. The van der Waals surface area contributed by atoms with Gasteiger partial charge in [-0.1, -0.05) is 25.0 Å². The topological polar surface area (TPSA) is 46.2 Å². The molecule has 1 aromatic carbocycles. The van der Waals surface area contributed by atoms with Gasteiger partial charge in [0, 0.05) is 17.2 Å². The van der Waals surface area contributed by atoms with Crippen molar-refractivity contribution in [3.8, 4) is 0 Å². The molecule has 0 spiro atoms. The molecule has 1 aliphatic rings. The van der Waals surface area contributed by atoms with Gasteiger partial charge in [0.1, 0.15) is 0 Å². The Kier molecular flexibility index (Phi) is 3.90. The number of nitrogens with two attached hydrogens (primary N) is 1. The second kappa shape index (κ2) is 5.21. The number of hydrogen-bond donors (Lipinski definition) is 2. The van der Waals surface area contributed by atoms with Crippen molar-refractivity contribution in [3.63, 3.8) is 0 Å². The Bertz CT molecular complexity index is 348. The molecule has 88 valence electrons. The third kappa shape index (κ3) is 3.00. The van der Waals surface area contributed by atoms with Crippen molar-refractivity contribution in [2.45, 2.75) is 42.7 Å². The minimum atomic E-state index is -0.427. The fourth-order valence-electron chi connectivity index (χ4n) is 2.16. The van der Waals surface area contributed by atoms with Crippen LogP contribution >= 0.6 is 11.8 Å². The van der Waals surface area contributed by atoms with E-state index in [9.17, 15) is 5.11 Å². The maximum Gasteiger partial charge on any atom is 0.0741 e. The third-order valence-electron chi connectivity index (χ3n) is 3.18. The number of rotatable bonds is 4. The molecule has 3 heteroatoms. The van der Waals surface area contributed by atoms with E-state index in [0.29, 0.717) is 6.54 Å². The predicted octanol–water partition coefficient (Wildman–Crippen LogP) is 2.54. The molecule has 0 amide bonds. The Hall–Kier alpha value is -0.510. The lowest BCUT2D eigenvalue weighted by Gasteiger charge is -2.21. The maximum atomic E-state index is 10.2. The van der Waals surface area contributed by atoms with Crippen LogP contribution in [0.1, 0.15) is 31.2 Å². The summed E-state index contributed by atoms with van der Waals surface area (Å²) >= 11 is 1.74. The van der Waals surface area contributed by atoms with Crippen LogP contribution in [0.15, 0.2) is 29.2 Å². The van der Waals surface area contributed by atoms with Crippen LogP contribution in [0, 0.1) is 0 Å². The lowest BCUT2D eigenvalue weighted by Crippen LogP contribution is -2.26. The largest absolute Gasteiger partial charge is 0.389 e. The minimum Gasteiger partial charge on any atom is -0.389 e. The standard InChI is InChI=1S/C13H19NOS/c14-9-11-4-3-5-12(8-11)16-10-13(15)6-1-2-7-13/h3-5,8,15H,1-2,6-7,9-10,14H2. The average molecular weight is 237 g/mol. The summed E-state index contributed by atoms with van der Waals surface area (Å²) < 4.78 is 0. The van der Waals surface area contributed by atoms with E-state index in [2.05, 4.69) is 12.1 Å². The second-order valence-corrected chi connectivity index (χ2v) is 5.62. The first-order chi connectivity index (χ1) is 7.72. The van der Waals surface area contributed by atoms with Crippen molar-refractivity contribution in [1.29, 1.82) is 0 Å². The molecule has 0 heterocycles. The summed E-state index contributed by atoms with van der Waals surface area (Å²) in [5.74, 6) is 0.807. The molecule has 0 unspecified atom stereocenters. The highest BCUT2D eigenvalue weighted by molar-refractivity contribution is 7.99. The van der Waals surface area contributed by atoms with Gasteiger partial charge in [0.15, 0.2) is 0 Å². The Morgan fingerprint density at radius 1 is 1.31 bits per heavy atom. The van der Waals surface area contributed by atoms with E-state index in [1.165, 1.54) is 17.7 Å². The zero-order chi connectivity index (χ0) is 11.4. The number of aliphatic hydroxyl groups is 1. The Morgan fingerprint density at radius 2 is 2.06 bits per heavy atom. The average Bonchev–Trinajstić information content (AvgIpc) is 2.75. The van der Waals surface area contributed by atoms with E-state index < -0.39 is 5.60 Å². The first-order valence-electron chi connectivity index (χ1n) is 5.86. The van der Waals surface area contributed by atoms with Gasteiger partial charge in [-0.2, -0.15) is 0 Å². The molecule has 0 bridgehead atoms. The first kappa shape index (κ1) is 12.0. The fraction of sp³-hybridized carbons (Fsp3) is 0.538. The zero-order valence-electron chi connectivity index (χ0n) is 9.48. The van der Waals surface area contributed by atoms with Gasteiger partial charge >= 0.3 is 0 Å². The van der Waals surface area contributed by atoms with Crippen molar-refractivity contribution in [2.75, 3.05) is 5.75 Å². The van der Waals surface area contributed by atoms with Crippen LogP contribution in [0.3, 0.4) is 0 Å². The normalized spacial score (nSPS) is 18.9. The van der Waals surface area contributed by atoms with Crippen molar-refractivity contribution in [2.24, 2.45) is 5.73 Å². The highest BCUT2D eigenvalue weighted by Gasteiger charge is 2.30. The molecule has 0 radical (unpaired) electrons. The summed E-state index contributed by atoms with van der Waals surface area (Å²) in [6.07, 6.45) is 4.24. The minimum absolute atomic E-state index is 0.427. The van der Waals surface area contributed by atoms with Crippen molar-refractivity contribution in [3.05, 3.63) is 29.8 Å². The summed E-state index contributed by atoms with van der Waals surface area (Å²) in [6, 6.07) is 8.27. The number of hydrogen-bond acceptors (Lipinski definition) is 3. The monoisotopic (exact) mass is 237 g/mol. The maximum absolute atomic E-state index is 10.2. The van der Waals surface area contributed by atoms with E-state index in [1.807, 2.05) is 12.1 Å². The predicted molar refractivity (Wildman–Crippen MR) is 68.5 cm³/mol. The molecule has 1 fully saturated rings. The Labute approximate surface area is 101 Å². The molecule has 0 aliphatic heterocycles. The number of benzene rings is 1. The van der Waals surface area contributed by atoms with Gasteiger partial charge in [-0.25, -0.2) is 0 Å². The quantitative estimate of drug-likeness (QED) is 0.791. The SMILES string of the molecule is NCc1cccc(SCC2(O)CCCC2)c1. The van der Waals surface area contributed by atoms with Crippen LogP contribution in [-0.4, -0.2) is 16.5 Å². The van der Waals surface area contributed by atoms with Crippen LogP contribution in [0.2, 0.25) is 0 Å². The lowest BCUT2D eigenvalue weighted by molar-refractivity contribution is 0.0732. The van der Waals surface area contributed by atoms with E-state index >= 15 is 0 Å². The van der Waals surface area contributed by atoms with Crippen molar-refractivity contribution >= 4 is 11.8 Å². The van der Waals surface area contributed by atoms with E-state index in [-0.39, 0.29) is 0 Å². The zero-order valence-corrected chi connectivity index (χ0v) is 10.3. The Balaban J connectivity index is 1.93. The van der Waals surface area contributed by atoms with Gasteiger partial charge in [-0.05, 0) is 30.5 Å². The van der Waals surface area contributed by atoms with Gasteiger partial charge in [-0.15, -0.1) is 11.8 Å². The third-order valence-corrected chi connectivity index (χ3v) is 4.44. The molecule has 0 saturated heterocycles. The van der Waals surface area contributed by atoms with Gasteiger partial charge in [-0.3, -0.25) is 0 Å². The molecule has 2 rings (SSSR count). The van der Waals surface area contributed by atoms with Crippen LogP contribution in [0.5, 0.6) is 0 Å². The molecule has 2 nitrogen and oxygen atoms in total. The van der Waals surface area contributed by atoms with Crippen LogP contribution < -0.4 is 5.73 Å². The molecule has 1 aliphatic carbocycles. The van der Waals surface area contributed by atoms with Crippen LogP contribution in [0.25, 0.3) is 0 Å². The molecule has 0 atom stereocenters. The summed E-state index contributed by atoms with van der Waals surface area (Å²) in [6.45, 7) is 0.582. The van der Waals surface area contributed by atoms with Gasteiger partial charge in [0.05, 0.1) is 5.60 Å². The number of thioether (sulfide) groups is 1. The summed E-state index contributed by atoms with van der Waals surface area (Å²) in [5.41, 5.74) is 6.33. The molecule has 1 aromatic rings. The van der Waals surface area contributed by atoms with Crippen molar-refractivity contribution < 1.29 is 5.11 Å². The fourth-order valence-corrected chi connectivity index (χ4v) is 3.29. The summed E-state index contributed by atoms with van der Waals surface area (Å²) in [4.78, 5) is 1.21. The smallest absolute Gasteiger partial charge is 0.0741 e. The highest BCUT2D eigenvalue weighted by atomic mass is 32.2. The highest BCUT2D eigenvalue weighted by Crippen LogP contribution is 2.34. The second-order valence-electron chi connectivity index (χ2n) is 4.57. The molecule has 0 aromatic heterocycles. The first-order valence-corrected chi connectivity index (χ1v) is 6.85. The van der Waals surface area contributed by atoms with Crippen LogP contribution in [0.4, 0.5) is 0 Å². The van der Waals surface area contributed by atoms with Gasteiger partial charge in [0.2, 0.25) is 0 Å². The van der Waals surface area contributed by atoms with E-state index in [4.69, 9.17) is 5.73 Å². The van der Waals surface area contributed by atoms with Gasteiger partial charge < -0.3 is 10.8 Å². The molecule has 1 saturated carbocycles. The molecule has 16 heavy (non-hydrogen) atoms. The van der Waals surface area contributed by atoms with Gasteiger partial charge in [0.25, 0.3) is 0 Å². The molecule has 3 N–H and O–H groups in total. The van der Waals surface area contributed by atoms with Crippen LogP contribution in [-0.2, 0) is 6.54 Å². The van der Waals surface area contributed by atoms with E-state index in [0.717, 1.165) is 24.2 Å². The molecular weight excluding hydrogens is 218 g/mol. The Morgan fingerprint density at radius 3 is 2.75 bits per heavy atom. The molecular formula is C13H19NOS. The summed E-state index contributed by atoms with van der Waals surface area (Å²) in [5, 5.41) is 10.2.